The third-order valence-corrected chi connectivity index (χ3v) is 3.75. The van der Waals surface area contributed by atoms with Crippen LogP contribution in [0.25, 0.3) is 17.0 Å². The number of aromatic nitrogens is 2. The topological polar surface area (TPSA) is 47.2 Å². The largest absolute Gasteiger partial charge is 0.282 e. The Kier molecular flexibility index (Phi) is 4.48. The van der Waals surface area contributed by atoms with Crippen LogP contribution in [0.3, 0.4) is 0 Å². The smallest absolute Gasteiger partial charge is 0.267 e. The molecular formula is C18H14BrN3O. The predicted molar refractivity (Wildman–Crippen MR) is 98.0 cm³/mol. The molecule has 0 aliphatic rings. The van der Waals surface area contributed by atoms with Crippen molar-refractivity contribution in [2.75, 3.05) is 0 Å². The number of aryl methyl sites for hydroxylation is 1. The Hall–Kier alpha value is -2.53. The number of hydrogen-bond acceptors (Lipinski definition) is 3. The van der Waals surface area contributed by atoms with Gasteiger partial charge in [0.05, 0.1) is 17.1 Å². The third kappa shape index (κ3) is 3.46. The van der Waals surface area contributed by atoms with E-state index in [4.69, 9.17) is 0 Å². The van der Waals surface area contributed by atoms with Crippen LogP contribution in [0.4, 0.5) is 0 Å². The number of para-hydroxylation sites is 1. The van der Waals surface area contributed by atoms with E-state index in [-0.39, 0.29) is 5.56 Å². The fraction of sp³-hybridized carbons (Fsp3) is 0.0556. The van der Waals surface area contributed by atoms with Crippen LogP contribution in [0.2, 0.25) is 0 Å². The summed E-state index contributed by atoms with van der Waals surface area (Å²) in [5.74, 6) is 0.546. The van der Waals surface area contributed by atoms with E-state index in [0.29, 0.717) is 16.7 Å². The van der Waals surface area contributed by atoms with E-state index in [0.717, 1.165) is 10.0 Å². The molecule has 5 heteroatoms. The lowest BCUT2D eigenvalue weighted by molar-refractivity contribution is 0.771. The van der Waals surface area contributed by atoms with Gasteiger partial charge in [-0.05, 0) is 46.6 Å². The molecule has 0 radical (unpaired) electrons. The summed E-state index contributed by atoms with van der Waals surface area (Å²) in [5, 5.41) is 4.81. The van der Waals surface area contributed by atoms with Gasteiger partial charge in [0.15, 0.2) is 0 Å². The van der Waals surface area contributed by atoms with E-state index in [2.05, 4.69) is 26.0 Å². The molecule has 2 aromatic carbocycles. The first-order valence-corrected chi connectivity index (χ1v) is 7.89. The first-order chi connectivity index (χ1) is 11.1. The molecule has 0 saturated heterocycles. The van der Waals surface area contributed by atoms with Crippen LogP contribution in [0.5, 0.6) is 0 Å². The number of allylic oxidation sites excluding steroid dienone is 1. The van der Waals surface area contributed by atoms with Crippen LogP contribution in [-0.4, -0.2) is 15.9 Å². The highest BCUT2D eigenvalue weighted by Gasteiger charge is 2.06. The predicted octanol–water partition coefficient (Wildman–Crippen LogP) is 3.97. The highest BCUT2D eigenvalue weighted by molar-refractivity contribution is 9.12. The van der Waals surface area contributed by atoms with Crippen molar-refractivity contribution < 1.29 is 0 Å². The summed E-state index contributed by atoms with van der Waals surface area (Å²) in [6.07, 6.45) is 3.52. The summed E-state index contributed by atoms with van der Waals surface area (Å²) >= 11 is 3.45. The Morgan fingerprint density at radius 3 is 2.61 bits per heavy atom. The molecule has 0 amide bonds. The molecular weight excluding hydrogens is 354 g/mol. The Bertz CT molecular complexity index is 959. The van der Waals surface area contributed by atoms with Crippen LogP contribution < -0.4 is 5.56 Å². The van der Waals surface area contributed by atoms with Gasteiger partial charge in [0, 0.05) is 4.48 Å². The number of fused-ring (bicyclic) bond motifs is 1. The van der Waals surface area contributed by atoms with Crippen LogP contribution in [0, 0.1) is 6.92 Å². The lowest BCUT2D eigenvalue weighted by atomic mass is 10.2. The van der Waals surface area contributed by atoms with Crippen molar-refractivity contribution in [1.82, 2.24) is 9.66 Å². The molecule has 114 valence electrons. The highest BCUT2D eigenvalue weighted by Crippen LogP contribution is 2.11. The average molecular weight is 368 g/mol. The molecule has 4 nitrogen and oxygen atoms in total. The van der Waals surface area contributed by atoms with E-state index < -0.39 is 0 Å². The SMILES string of the molecule is Cc1nc2ccccc2c(=O)n1/N=C\C(Br)=C\c1ccccc1. The van der Waals surface area contributed by atoms with E-state index in [9.17, 15) is 4.79 Å². The summed E-state index contributed by atoms with van der Waals surface area (Å²) in [7, 11) is 0. The number of halogens is 1. The van der Waals surface area contributed by atoms with Crippen molar-refractivity contribution in [2.45, 2.75) is 6.92 Å². The van der Waals surface area contributed by atoms with E-state index in [1.54, 1.807) is 19.2 Å². The minimum Gasteiger partial charge on any atom is -0.267 e. The maximum absolute atomic E-state index is 12.5. The van der Waals surface area contributed by atoms with Gasteiger partial charge in [0.1, 0.15) is 5.82 Å². The lowest BCUT2D eigenvalue weighted by Crippen LogP contribution is -2.20. The molecule has 0 aliphatic heterocycles. The normalized spacial score (nSPS) is 12.2. The Morgan fingerprint density at radius 1 is 1.13 bits per heavy atom. The first kappa shape index (κ1) is 15.4. The molecule has 3 rings (SSSR count). The summed E-state index contributed by atoms with van der Waals surface area (Å²) in [6, 6.07) is 17.1. The van der Waals surface area contributed by atoms with Crippen LogP contribution in [-0.2, 0) is 0 Å². The van der Waals surface area contributed by atoms with Gasteiger partial charge in [0.25, 0.3) is 5.56 Å². The molecule has 1 heterocycles. The molecule has 3 aromatic rings. The molecule has 0 atom stereocenters. The summed E-state index contributed by atoms with van der Waals surface area (Å²) in [4.78, 5) is 16.9. The van der Waals surface area contributed by atoms with Crippen molar-refractivity contribution >= 4 is 39.1 Å². The molecule has 23 heavy (non-hydrogen) atoms. The third-order valence-electron chi connectivity index (χ3n) is 3.32. The fourth-order valence-corrected chi connectivity index (χ4v) is 2.59. The zero-order valence-corrected chi connectivity index (χ0v) is 14.1. The van der Waals surface area contributed by atoms with Gasteiger partial charge < -0.3 is 0 Å². The highest BCUT2D eigenvalue weighted by atomic mass is 79.9. The molecule has 0 bridgehead atoms. The van der Waals surface area contributed by atoms with Gasteiger partial charge in [-0.2, -0.15) is 9.78 Å². The number of rotatable bonds is 3. The van der Waals surface area contributed by atoms with Crippen molar-refractivity contribution in [1.29, 1.82) is 0 Å². The summed E-state index contributed by atoms with van der Waals surface area (Å²) in [5.41, 5.74) is 1.55. The van der Waals surface area contributed by atoms with Gasteiger partial charge in [-0.1, -0.05) is 42.5 Å². The summed E-state index contributed by atoms with van der Waals surface area (Å²) in [6.45, 7) is 1.76. The van der Waals surface area contributed by atoms with Crippen LogP contribution in [0.15, 0.2) is 69.0 Å². The monoisotopic (exact) mass is 367 g/mol. The zero-order valence-electron chi connectivity index (χ0n) is 12.5. The Labute approximate surface area is 141 Å². The van der Waals surface area contributed by atoms with Gasteiger partial charge >= 0.3 is 0 Å². The second kappa shape index (κ2) is 6.71. The maximum Gasteiger partial charge on any atom is 0.282 e. The minimum absolute atomic E-state index is 0.177. The van der Waals surface area contributed by atoms with Crippen LogP contribution in [0.1, 0.15) is 11.4 Å². The lowest BCUT2D eigenvalue weighted by Gasteiger charge is -2.04. The zero-order chi connectivity index (χ0) is 16.2. The first-order valence-electron chi connectivity index (χ1n) is 7.10. The van der Waals surface area contributed by atoms with Crippen molar-refractivity contribution in [3.63, 3.8) is 0 Å². The molecule has 0 fully saturated rings. The molecule has 0 unspecified atom stereocenters. The molecule has 1 aromatic heterocycles. The van der Waals surface area contributed by atoms with Crippen LogP contribution >= 0.6 is 15.9 Å². The number of hydrogen-bond donors (Lipinski definition) is 0. The standard InChI is InChI=1S/C18H14BrN3O/c1-13-21-17-10-6-5-9-16(17)18(23)22(13)20-12-15(19)11-14-7-3-2-4-8-14/h2-12H,1H3/b15-11-,20-12-. The second-order valence-electron chi connectivity index (χ2n) is 4.98. The Balaban J connectivity index is 1.98. The number of benzene rings is 2. The van der Waals surface area contributed by atoms with Gasteiger partial charge in [-0.25, -0.2) is 4.98 Å². The van der Waals surface area contributed by atoms with E-state index >= 15 is 0 Å². The second-order valence-corrected chi connectivity index (χ2v) is 5.89. The molecule has 0 spiro atoms. The number of nitrogens with zero attached hydrogens (tertiary/aromatic N) is 3. The van der Waals surface area contributed by atoms with Gasteiger partial charge in [0.2, 0.25) is 0 Å². The maximum atomic E-state index is 12.5. The van der Waals surface area contributed by atoms with E-state index in [1.807, 2.05) is 54.6 Å². The van der Waals surface area contributed by atoms with Crippen molar-refractivity contribution in [2.24, 2.45) is 5.10 Å². The fourth-order valence-electron chi connectivity index (χ4n) is 2.23. The molecule has 0 saturated carbocycles. The quantitative estimate of drug-likeness (QED) is 0.657. The van der Waals surface area contributed by atoms with Crippen molar-refractivity contribution in [3.8, 4) is 0 Å². The molecule has 0 aliphatic carbocycles. The van der Waals surface area contributed by atoms with Crippen molar-refractivity contribution in [3.05, 3.63) is 80.8 Å². The molecule has 0 N–H and O–H groups in total. The summed E-state index contributed by atoms with van der Waals surface area (Å²) < 4.78 is 2.07. The Morgan fingerprint density at radius 2 is 1.83 bits per heavy atom. The van der Waals surface area contributed by atoms with Gasteiger partial charge in [-0.3, -0.25) is 4.79 Å². The van der Waals surface area contributed by atoms with Gasteiger partial charge in [-0.15, -0.1) is 0 Å². The minimum atomic E-state index is -0.177. The average Bonchev–Trinajstić information content (AvgIpc) is 2.55. The van der Waals surface area contributed by atoms with E-state index in [1.165, 1.54) is 4.68 Å².